The second kappa shape index (κ2) is 6.86. The number of carbonyl (C=O) groups is 1. The topological polar surface area (TPSA) is 46.5 Å². The van der Waals surface area contributed by atoms with E-state index in [1.807, 2.05) is 0 Å². The molecule has 2 aromatic carbocycles. The van der Waals surface area contributed by atoms with E-state index < -0.39 is 11.8 Å². The van der Waals surface area contributed by atoms with Crippen LogP contribution < -0.4 is 4.74 Å². The highest BCUT2D eigenvalue weighted by molar-refractivity contribution is 5.87. The van der Waals surface area contributed by atoms with E-state index in [9.17, 15) is 13.6 Å². The molecule has 0 aliphatic rings. The molecule has 0 radical (unpaired) electrons. The number of hydrogen-bond donors (Lipinski definition) is 1. The maximum absolute atomic E-state index is 13.5. The molecule has 0 unspecified atom stereocenters. The fourth-order valence-corrected chi connectivity index (χ4v) is 1.49. The lowest BCUT2D eigenvalue weighted by Crippen LogP contribution is -2.01. The summed E-state index contributed by atoms with van der Waals surface area (Å²) in [5, 5.41) is 8.69. The van der Waals surface area contributed by atoms with Gasteiger partial charge in [0.15, 0.2) is 11.6 Å². The Bertz CT molecular complexity index is 600. The number of aromatic carboxylic acids is 1. The maximum Gasteiger partial charge on any atom is 0.335 e. The SMILES string of the molecule is Cl.O=C(O)c1ccc(OCc2ccc(F)cc2)c(F)c1. The van der Waals surface area contributed by atoms with Gasteiger partial charge in [0.1, 0.15) is 12.4 Å². The van der Waals surface area contributed by atoms with E-state index in [0.717, 1.165) is 6.07 Å². The predicted octanol–water partition coefficient (Wildman–Crippen LogP) is 3.66. The van der Waals surface area contributed by atoms with Crippen molar-refractivity contribution in [1.82, 2.24) is 0 Å². The number of halogens is 3. The zero-order valence-corrected chi connectivity index (χ0v) is 11.0. The summed E-state index contributed by atoms with van der Waals surface area (Å²) in [5.74, 6) is -2.36. The smallest absolute Gasteiger partial charge is 0.335 e. The zero-order chi connectivity index (χ0) is 13.8. The molecule has 6 heteroatoms. The van der Waals surface area contributed by atoms with Crippen LogP contribution in [0.4, 0.5) is 8.78 Å². The lowest BCUT2D eigenvalue weighted by molar-refractivity contribution is 0.0696. The minimum atomic E-state index is -1.20. The Kier molecular flexibility index (Phi) is 5.46. The number of ether oxygens (including phenoxy) is 1. The molecule has 0 spiro atoms. The predicted molar refractivity (Wildman–Crippen MR) is 71.3 cm³/mol. The number of hydrogen-bond acceptors (Lipinski definition) is 2. The Morgan fingerprint density at radius 1 is 1.10 bits per heavy atom. The molecular formula is C14H11ClF2O3. The molecule has 0 aromatic heterocycles. The minimum Gasteiger partial charge on any atom is -0.486 e. The number of benzene rings is 2. The largest absolute Gasteiger partial charge is 0.486 e. The average molecular weight is 301 g/mol. The molecule has 20 heavy (non-hydrogen) atoms. The van der Waals surface area contributed by atoms with Gasteiger partial charge in [0.25, 0.3) is 0 Å². The van der Waals surface area contributed by atoms with Gasteiger partial charge in [0.05, 0.1) is 5.56 Å². The highest BCUT2D eigenvalue weighted by Gasteiger charge is 2.09. The first-order chi connectivity index (χ1) is 9.06. The molecule has 0 saturated carbocycles. The molecule has 2 rings (SSSR count). The van der Waals surface area contributed by atoms with E-state index in [-0.39, 0.29) is 36.1 Å². The number of rotatable bonds is 4. The Balaban J connectivity index is 0.00000200. The first-order valence-electron chi connectivity index (χ1n) is 5.46. The fraction of sp³-hybridized carbons (Fsp3) is 0.0714. The van der Waals surface area contributed by atoms with E-state index in [0.29, 0.717) is 5.56 Å². The first kappa shape index (κ1) is 15.9. The van der Waals surface area contributed by atoms with E-state index in [1.165, 1.54) is 36.4 Å². The maximum atomic E-state index is 13.5. The summed E-state index contributed by atoms with van der Waals surface area (Å²) in [7, 11) is 0. The number of carboxylic acids is 1. The van der Waals surface area contributed by atoms with Crippen molar-refractivity contribution in [2.75, 3.05) is 0 Å². The van der Waals surface area contributed by atoms with Crippen molar-refractivity contribution in [3.8, 4) is 5.75 Å². The molecule has 0 atom stereocenters. The molecule has 0 aliphatic carbocycles. The summed E-state index contributed by atoms with van der Waals surface area (Å²) in [6.45, 7) is 0.0730. The van der Waals surface area contributed by atoms with Gasteiger partial charge in [-0.1, -0.05) is 12.1 Å². The Morgan fingerprint density at radius 3 is 2.30 bits per heavy atom. The molecule has 0 fully saturated rings. The molecule has 106 valence electrons. The molecule has 1 N–H and O–H groups in total. The molecular weight excluding hydrogens is 290 g/mol. The summed E-state index contributed by atoms with van der Waals surface area (Å²) in [5.41, 5.74) is 0.537. The van der Waals surface area contributed by atoms with E-state index in [1.54, 1.807) is 0 Å². The quantitative estimate of drug-likeness (QED) is 0.937. The van der Waals surface area contributed by atoms with Gasteiger partial charge in [-0.15, -0.1) is 12.4 Å². The third kappa shape index (κ3) is 3.93. The Labute approximate surface area is 120 Å². The second-order valence-electron chi connectivity index (χ2n) is 3.87. The van der Waals surface area contributed by atoms with Crippen molar-refractivity contribution in [3.05, 3.63) is 65.2 Å². The Hall–Kier alpha value is -2.14. The van der Waals surface area contributed by atoms with E-state index >= 15 is 0 Å². The summed E-state index contributed by atoms with van der Waals surface area (Å²) in [4.78, 5) is 10.6. The molecule has 2 aromatic rings. The highest BCUT2D eigenvalue weighted by Crippen LogP contribution is 2.19. The van der Waals surface area contributed by atoms with Gasteiger partial charge in [-0.2, -0.15) is 0 Å². The van der Waals surface area contributed by atoms with Crippen LogP contribution in [0.15, 0.2) is 42.5 Å². The third-order valence-electron chi connectivity index (χ3n) is 2.49. The van der Waals surface area contributed by atoms with Crippen LogP contribution in [0.2, 0.25) is 0 Å². The van der Waals surface area contributed by atoms with Crippen molar-refractivity contribution >= 4 is 18.4 Å². The van der Waals surface area contributed by atoms with Gasteiger partial charge in [-0.05, 0) is 35.9 Å². The third-order valence-corrected chi connectivity index (χ3v) is 2.49. The lowest BCUT2D eigenvalue weighted by Gasteiger charge is -2.07. The van der Waals surface area contributed by atoms with Gasteiger partial charge in [0, 0.05) is 0 Å². The van der Waals surface area contributed by atoms with Crippen LogP contribution in [-0.4, -0.2) is 11.1 Å². The first-order valence-corrected chi connectivity index (χ1v) is 5.46. The number of carboxylic acid groups (broad SMARTS) is 1. The van der Waals surface area contributed by atoms with Crippen LogP contribution in [0.25, 0.3) is 0 Å². The lowest BCUT2D eigenvalue weighted by atomic mass is 10.2. The second-order valence-corrected chi connectivity index (χ2v) is 3.87. The Morgan fingerprint density at radius 2 is 1.75 bits per heavy atom. The summed E-state index contributed by atoms with van der Waals surface area (Å²) in [6, 6.07) is 9.01. The zero-order valence-electron chi connectivity index (χ0n) is 10.2. The van der Waals surface area contributed by atoms with Gasteiger partial charge in [0.2, 0.25) is 0 Å². The van der Waals surface area contributed by atoms with Gasteiger partial charge >= 0.3 is 5.97 Å². The van der Waals surface area contributed by atoms with Crippen molar-refractivity contribution < 1.29 is 23.4 Å². The van der Waals surface area contributed by atoms with Crippen molar-refractivity contribution in [2.24, 2.45) is 0 Å². The standard InChI is InChI=1S/C14H10F2O3.ClH/c15-11-4-1-9(2-5-11)8-19-13-6-3-10(14(17)18)7-12(13)16;/h1-7H,8H2,(H,17,18);1H. The summed E-state index contributed by atoms with van der Waals surface area (Å²) < 4.78 is 31.4. The van der Waals surface area contributed by atoms with E-state index in [4.69, 9.17) is 9.84 Å². The molecule has 0 aliphatic heterocycles. The summed E-state index contributed by atoms with van der Waals surface area (Å²) in [6.07, 6.45) is 0. The average Bonchev–Trinajstić information content (AvgIpc) is 2.39. The van der Waals surface area contributed by atoms with Crippen molar-refractivity contribution in [3.63, 3.8) is 0 Å². The van der Waals surface area contributed by atoms with Gasteiger partial charge in [-0.3, -0.25) is 0 Å². The monoisotopic (exact) mass is 300 g/mol. The van der Waals surface area contributed by atoms with Crippen LogP contribution in [-0.2, 0) is 6.61 Å². The van der Waals surface area contributed by atoms with Crippen LogP contribution in [0.1, 0.15) is 15.9 Å². The molecule has 0 heterocycles. The van der Waals surface area contributed by atoms with E-state index in [2.05, 4.69) is 0 Å². The molecule has 0 bridgehead atoms. The minimum absolute atomic E-state index is 0. The summed E-state index contributed by atoms with van der Waals surface area (Å²) >= 11 is 0. The molecule has 3 nitrogen and oxygen atoms in total. The molecule has 0 saturated heterocycles. The van der Waals surface area contributed by atoms with Gasteiger partial charge in [-0.25, -0.2) is 13.6 Å². The highest BCUT2D eigenvalue weighted by atomic mass is 35.5. The van der Waals surface area contributed by atoms with Crippen LogP contribution in [0.3, 0.4) is 0 Å². The van der Waals surface area contributed by atoms with Crippen molar-refractivity contribution in [1.29, 1.82) is 0 Å². The van der Waals surface area contributed by atoms with Crippen LogP contribution in [0.5, 0.6) is 5.75 Å². The molecule has 0 amide bonds. The van der Waals surface area contributed by atoms with Crippen LogP contribution in [0, 0.1) is 11.6 Å². The normalized spacial score (nSPS) is 9.70. The van der Waals surface area contributed by atoms with Crippen molar-refractivity contribution in [2.45, 2.75) is 6.61 Å². The van der Waals surface area contributed by atoms with Crippen LogP contribution >= 0.6 is 12.4 Å². The van der Waals surface area contributed by atoms with Gasteiger partial charge < -0.3 is 9.84 Å². The fourth-order valence-electron chi connectivity index (χ4n) is 1.49.